The molecule has 6 nitrogen and oxygen atoms in total. The summed E-state index contributed by atoms with van der Waals surface area (Å²) in [4.78, 5) is 25.9. The van der Waals surface area contributed by atoms with E-state index in [1.54, 1.807) is 21.1 Å². The predicted octanol–water partition coefficient (Wildman–Crippen LogP) is 1.17. The second-order valence-corrected chi connectivity index (χ2v) is 6.41. The number of ether oxygens (including phenoxy) is 2. The third-order valence-corrected chi connectivity index (χ3v) is 4.63. The summed E-state index contributed by atoms with van der Waals surface area (Å²) in [6.45, 7) is 6.53. The number of carbonyl (C=O) groups is 2. The lowest BCUT2D eigenvalue weighted by atomic mass is 9.94. The van der Waals surface area contributed by atoms with Gasteiger partial charge in [0.05, 0.1) is 30.6 Å². The van der Waals surface area contributed by atoms with Crippen molar-refractivity contribution in [2.75, 3.05) is 20.8 Å². The van der Waals surface area contributed by atoms with Gasteiger partial charge in [-0.25, -0.2) is 0 Å². The van der Waals surface area contributed by atoms with Crippen molar-refractivity contribution in [3.05, 3.63) is 0 Å². The number of methoxy groups -OCH3 is 2. The average Bonchev–Trinajstić information content (AvgIpc) is 2.94. The van der Waals surface area contributed by atoms with Crippen molar-refractivity contribution < 1.29 is 19.1 Å². The lowest BCUT2D eigenvalue weighted by Gasteiger charge is -2.34. The second kappa shape index (κ2) is 8.48. The number of carbonyl (C=O) groups excluding carboxylic acids is 2. The van der Waals surface area contributed by atoms with Gasteiger partial charge in [-0.3, -0.25) is 9.59 Å². The van der Waals surface area contributed by atoms with Crippen molar-refractivity contribution in [3.8, 4) is 0 Å². The molecule has 1 rings (SSSR count). The van der Waals surface area contributed by atoms with Crippen molar-refractivity contribution in [2.45, 2.75) is 58.3 Å². The molecule has 0 aromatic rings. The number of nitrogens with two attached hydrogens (primary N) is 1. The molecule has 2 N–H and O–H groups in total. The standard InChI is InChI=1S/C16H30N2O4/c1-10(2)13(21-4)9-14(19)18-8-6-7-12(18)15(22-5)11(3)16(17)20/h10-13,15H,6-9H2,1-5H3,(H2,17,20)/t11-,12+,13-,15?/m1/s1. The van der Waals surface area contributed by atoms with Crippen LogP contribution in [0.15, 0.2) is 0 Å². The summed E-state index contributed by atoms with van der Waals surface area (Å²) >= 11 is 0. The fourth-order valence-electron chi connectivity index (χ4n) is 3.18. The average molecular weight is 314 g/mol. The van der Waals surface area contributed by atoms with Gasteiger partial charge in [-0.15, -0.1) is 0 Å². The number of nitrogens with zero attached hydrogens (tertiary/aromatic N) is 1. The van der Waals surface area contributed by atoms with E-state index in [2.05, 4.69) is 0 Å². The summed E-state index contributed by atoms with van der Waals surface area (Å²) in [5.74, 6) is -0.491. The summed E-state index contributed by atoms with van der Waals surface area (Å²) in [7, 11) is 3.20. The minimum absolute atomic E-state index is 0.0572. The summed E-state index contributed by atoms with van der Waals surface area (Å²) in [5, 5.41) is 0. The van der Waals surface area contributed by atoms with Crippen molar-refractivity contribution in [2.24, 2.45) is 17.6 Å². The van der Waals surface area contributed by atoms with Crippen LogP contribution in [0.4, 0.5) is 0 Å². The molecule has 2 amide bonds. The predicted molar refractivity (Wildman–Crippen MR) is 84.1 cm³/mol. The summed E-state index contributed by atoms with van der Waals surface area (Å²) in [6.07, 6.45) is 1.65. The molecule has 0 spiro atoms. The van der Waals surface area contributed by atoms with E-state index < -0.39 is 11.8 Å². The fraction of sp³-hybridized carbons (Fsp3) is 0.875. The molecule has 6 heteroatoms. The maximum Gasteiger partial charge on any atom is 0.225 e. The Balaban J connectivity index is 2.80. The molecule has 1 aliphatic rings. The summed E-state index contributed by atoms with van der Waals surface area (Å²) in [6, 6.07) is -0.0929. The Hall–Kier alpha value is -1.14. The molecule has 0 bridgehead atoms. The number of rotatable bonds is 8. The van der Waals surface area contributed by atoms with Crippen molar-refractivity contribution >= 4 is 11.8 Å². The lowest BCUT2D eigenvalue weighted by Crippen LogP contribution is -2.49. The van der Waals surface area contributed by atoms with Gasteiger partial charge in [0, 0.05) is 20.8 Å². The fourth-order valence-corrected chi connectivity index (χ4v) is 3.18. The Morgan fingerprint density at radius 1 is 1.23 bits per heavy atom. The van der Waals surface area contributed by atoms with Gasteiger partial charge < -0.3 is 20.1 Å². The summed E-state index contributed by atoms with van der Waals surface area (Å²) in [5.41, 5.74) is 5.40. The van der Waals surface area contributed by atoms with Gasteiger partial charge in [0.25, 0.3) is 0 Å². The van der Waals surface area contributed by atoms with Gasteiger partial charge in [-0.1, -0.05) is 20.8 Å². The van der Waals surface area contributed by atoms with E-state index in [1.807, 2.05) is 18.7 Å². The minimum Gasteiger partial charge on any atom is -0.381 e. The second-order valence-electron chi connectivity index (χ2n) is 6.41. The Kier molecular flexibility index (Phi) is 7.29. The van der Waals surface area contributed by atoms with Gasteiger partial charge in [-0.2, -0.15) is 0 Å². The lowest BCUT2D eigenvalue weighted by molar-refractivity contribution is -0.141. The van der Waals surface area contributed by atoms with Crippen LogP contribution in [0.5, 0.6) is 0 Å². The normalized spacial score (nSPS) is 22.6. The Morgan fingerprint density at radius 3 is 2.32 bits per heavy atom. The molecule has 0 aliphatic carbocycles. The van der Waals surface area contributed by atoms with Gasteiger partial charge >= 0.3 is 0 Å². The number of hydrogen-bond donors (Lipinski definition) is 1. The van der Waals surface area contributed by atoms with Crippen LogP contribution in [0.25, 0.3) is 0 Å². The maximum atomic E-state index is 12.6. The van der Waals surface area contributed by atoms with E-state index in [0.717, 1.165) is 12.8 Å². The zero-order valence-electron chi connectivity index (χ0n) is 14.4. The van der Waals surface area contributed by atoms with Crippen LogP contribution in [0.3, 0.4) is 0 Å². The highest BCUT2D eigenvalue weighted by Gasteiger charge is 2.39. The molecule has 128 valence electrons. The topological polar surface area (TPSA) is 81.9 Å². The molecule has 1 saturated heterocycles. The molecule has 1 unspecified atom stereocenters. The molecule has 1 fully saturated rings. The van der Waals surface area contributed by atoms with Crippen LogP contribution in [0.1, 0.15) is 40.0 Å². The molecule has 1 heterocycles. The molecular formula is C16H30N2O4. The quantitative estimate of drug-likeness (QED) is 0.729. The van der Waals surface area contributed by atoms with Crippen molar-refractivity contribution in [1.82, 2.24) is 4.90 Å². The first kappa shape index (κ1) is 18.9. The Labute approximate surface area is 133 Å². The highest BCUT2D eigenvalue weighted by molar-refractivity contribution is 5.79. The molecule has 1 aliphatic heterocycles. The third kappa shape index (κ3) is 4.43. The third-order valence-electron chi connectivity index (χ3n) is 4.63. The minimum atomic E-state index is -0.424. The highest BCUT2D eigenvalue weighted by Crippen LogP contribution is 2.27. The number of hydrogen-bond acceptors (Lipinski definition) is 4. The molecule has 0 radical (unpaired) electrons. The maximum absolute atomic E-state index is 12.6. The first-order valence-corrected chi connectivity index (χ1v) is 7.97. The van der Waals surface area contributed by atoms with Gasteiger partial charge in [0.2, 0.25) is 11.8 Å². The highest BCUT2D eigenvalue weighted by atomic mass is 16.5. The monoisotopic (exact) mass is 314 g/mol. The largest absolute Gasteiger partial charge is 0.381 e. The molecular weight excluding hydrogens is 284 g/mol. The zero-order chi connectivity index (χ0) is 16.9. The van der Waals surface area contributed by atoms with E-state index in [-0.39, 0.29) is 30.1 Å². The molecule has 22 heavy (non-hydrogen) atoms. The Bertz CT molecular complexity index is 386. The molecule has 0 aromatic heterocycles. The van der Waals surface area contributed by atoms with Crippen LogP contribution in [-0.4, -0.2) is 55.7 Å². The number of primary amides is 1. The summed E-state index contributed by atoms with van der Waals surface area (Å²) < 4.78 is 10.9. The number of likely N-dealkylation sites (tertiary alicyclic amines) is 1. The van der Waals surface area contributed by atoms with Crippen molar-refractivity contribution in [3.63, 3.8) is 0 Å². The Morgan fingerprint density at radius 2 is 1.86 bits per heavy atom. The van der Waals surface area contributed by atoms with Gasteiger partial charge in [0.1, 0.15) is 0 Å². The first-order valence-electron chi connectivity index (χ1n) is 7.97. The van der Waals surface area contributed by atoms with E-state index in [4.69, 9.17) is 15.2 Å². The van der Waals surface area contributed by atoms with E-state index in [9.17, 15) is 9.59 Å². The molecule has 0 saturated carbocycles. The zero-order valence-corrected chi connectivity index (χ0v) is 14.4. The number of amides is 2. The smallest absolute Gasteiger partial charge is 0.225 e. The van der Waals surface area contributed by atoms with Crippen LogP contribution >= 0.6 is 0 Å². The molecule has 4 atom stereocenters. The van der Waals surface area contributed by atoms with Gasteiger partial charge in [-0.05, 0) is 18.8 Å². The van der Waals surface area contributed by atoms with Crippen LogP contribution in [0, 0.1) is 11.8 Å². The van der Waals surface area contributed by atoms with E-state index >= 15 is 0 Å². The van der Waals surface area contributed by atoms with Gasteiger partial charge in [0.15, 0.2) is 0 Å². The van der Waals surface area contributed by atoms with E-state index in [0.29, 0.717) is 13.0 Å². The first-order chi connectivity index (χ1) is 10.3. The van der Waals surface area contributed by atoms with Crippen molar-refractivity contribution in [1.29, 1.82) is 0 Å². The SMILES string of the molecule is COC([C@@H](C)C(N)=O)[C@@H]1CCCN1C(=O)C[C@@H](OC)C(C)C. The van der Waals surface area contributed by atoms with Crippen LogP contribution in [0.2, 0.25) is 0 Å². The van der Waals surface area contributed by atoms with Crippen LogP contribution < -0.4 is 5.73 Å². The van der Waals surface area contributed by atoms with Crippen LogP contribution in [-0.2, 0) is 19.1 Å². The molecule has 0 aromatic carbocycles. The van der Waals surface area contributed by atoms with E-state index in [1.165, 1.54) is 0 Å².